The average molecular weight is 229 g/mol. The van der Waals surface area contributed by atoms with Gasteiger partial charge in [0, 0.05) is 43.9 Å². The van der Waals surface area contributed by atoms with E-state index in [1.807, 2.05) is 6.20 Å². The van der Waals surface area contributed by atoms with Gasteiger partial charge in [-0.3, -0.25) is 4.90 Å². The number of aromatic nitrogens is 1. The van der Waals surface area contributed by atoms with Gasteiger partial charge in [-0.2, -0.15) is 0 Å². The van der Waals surface area contributed by atoms with Crippen LogP contribution >= 0.6 is 0 Å². The number of nitrogens with one attached hydrogen (secondary N) is 2. The summed E-state index contributed by atoms with van der Waals surface area (Å²) < 4.78 is 0. The highest BCUT2D eigenvalue weighted by molar-refractivity contribution is 5.79. The molecule has 3 heteroatoms. The fourth-order valence-electron chi connectivity index (χ4n) is 2.61. The third kappa shape index (κ3) is 2.08. The molecule has 1 aliphatic rings. The summed E-state index contributed by atoms with van der Waals surface area (Å²) in [5, 5.41) is 4.69. The first-order valence-corrected chi connectivity index (χ1v) is 6.36. The van der Waals surface area contributed by atoms with Crippen LogP contribution in [0.2, 0.25) is 0 Å². The van der Waals surface area contributed by atoms with E-state index in [0.29, 0.717) is 6.04 Å². The van der Waals surface area contributed by atoms with Crippen molar-refractivity contribution >= 4 is 10.9 Å². The van der Waals surface area contributed by atoms with Crippen molar-refractivity contribution in [1.82, 2.24) is 15.2 Å². The van der Waals surface area contributed by atoms with E-state index >= 15 is 0 Å². The predicted octanol–water partition coefficient (Wildman–Crippen LogP) is 2.13. The Kier molecular flexibility index (Phi) is 2.87. The molecule has 0 bridgehead atoms. The maximum Gasteiger partial charge on any atom is 0.0457 e. The van der Waals surface area contributed by atoms with Crippen molar-refractivity contribution in [2.75, 3.05) is 26.2 Å². The highest BCUT2D eigenvalue weighted by Gasteiger charge is 2.17. The van der Waals surface area contributed by atoms with Crippen molar-refractivity contribution in [2.24, 2.45) is 0 Å². The Labute approximate surface area is 102 Å². The highest BCUT2D eigenvalue weighted by Crippen LogP contribution is 2.23. The lowest BCUT2D eigenvalue weighted by molar-refractivity contribution is 0.185. The minimum absolute atomic E-state index is 0.504. The lowest BCUT2D eigenvalue weighted by atomic mass is 10.0. The van der Waals surface area contributed by atoms with Crippen LogP contribution in [0.5, 0.6) is 0 Å². The molecule has 1 aliphatic heterocycles. The zero-order chi connectivity index (χ0) is 11.7. The van der Waals surface area contributed by atoms with Gasteiger partial charge in [-0.15, -0.1) is 0 Å². The molecule has 1 atom stereocenters. The van der Waals surface area contributed by atoms with Crippen molar-refractivity contribution in [3.8, 4) is 0 Å². The predicted molar refractivity (Wildman–Crippen MR) is 71.2 cm³/mol. The quantitative estimate of drug-likeness (QED) is 0.826. The molecule has 0 saturated carbocycles. The van der Waals surface area contributed by atoms with Crippen LogP contribution in [0.3, 0.4) is 0 Å². The normalized spacial score (nSPS) is 19.6. The number of rotatable bonds is 2. The van der Waals surface area contributed by atoms with Gasteiger partial charge < -0.3 is 10.3 Å². The summed E-state index contributed by atoms with van der Waals surface area (Å²) in [4.78, 5) is 5.83. The van der Waals surface area contributed by atoms with Crippen LogP contribution in [0.15, 0.2) is 30.5 Å². The van der Waals surface area contributed by atoms with Crippen molar-refractivity contribution in [1.29, 1.82) is 0 Å². The Morgan fingerprint density at radius 2 is 2.00 bits per heavy atom. The van der Waals surface area contributed by atoms with Gasteiger partial charge in [0.1, 0.15) is 0 Å². The minimum Gasteiger partial charge on any atom is -0.361 e. The molecule has 3 nitrogen and oxygen atoms in total. The topological polar surface area (TPSA) is 31.1 Å². The largest absolute Gasteiger partial charge is 0.361 e. The molecule has 0 amide bonds. The fourth-order valence-corrected chi connectivity index (χ4v) is 2.61. The van der Waals surface area contributed by atoms with Crippen LogP contribution in [-0.2, 0) is 0 Å². The summed E-state index contributed by atoms with van der Waals surface area (Å²) in [7, 11) is 0. The number of nitrogens with zero attached hydrogens (tertiary/aromatic N) is 1. The third-order valence-electron chi connectivity index (χ3n) is 3.76. The van der Waals surface area contributed by atoms with Crippen molar-refractivity contribution in [3.63, 3.8) is 0 Å². The summed E-state index contributed by atoms with van der Waals surface area (Å²) in [5.41, 5.74) is 2.64. The Balaban J connectivity index is 1.86. The van der Waals surface area contributed by atoms with Crippen LogP contribution in [0.4, 0.5) is 0 Å². The molecule has 1 fully saturated rings. The average Bonchev–Trinajstić information content (AvgIpc) is 2.86. The molecule has 1 saturated heterocycles. The molecule has 0 spiro atoms. The van der Waals surface area contributed by atoms with Crippen molar-refractivity contribution < 1.29 is 0 Å². The van der Waals surface area contributed by atoms with Crippen molar-refractivity contribution in [3.05, 3.63) is 36.0 Å². The van der Waals surface area contributed by atoms with Gasteiger partial charge in [-0.25, -0.2) is 0 Å². The minimum atomic E-state index is 0.504. The lowest BCUT2D eigenvalue weighted by Crippen LogP contribution is -2.44. The molecular weight excluding hydrogens is 210 g/mol. The number of hydrogen-bond acceptors (Lipinski definition) is 2. The Morgan fingerprint density at radius 1 is 1.18 bits per heavy atom. The SMILES string of the molecule is C[C@@H](c1ccc2cc[nH]c2c1)N1CCNCC1. The molecule has 0 aliphatic carbocycles. The standard InChI is InChI=1S/C14H19N3/c1-11(17-8-6-15-7-9-17)13-3-2-12-4-5-16-14(12)10-13/h2-5,10-11,15-16H,6-9H2,1H3/t11-/m0/s1. The first kappa shape index (κ1) is 10.8. The number of benzene rings is 1. The molecule has 0 radical (unpaired) electrons. The summed E-state index contributed by atoms with van der Waals surface area (Å²) in [6, 6.07) is 9.36. The van der Waals surface area contributed by atoms with E-state index in [-0.39, 0.29) is 0 Å². The maximum atomic E-state index is 3.40. The molecule has 90 valence electrons. The highest BCUT2D eigenvalue weighted by atomic mass is 15.2. The third-order valence-corrected chi connectivity index (χ3v) is 3.76. The number of fused-ring (bicyclic) bond motifs is 1. The van der Waals surface area contributed by atoms with Crippen LogP contribution in [0.1, 0.15) is 18.5 Å². The molecule has 3 rings (SSSR count). The second-order valence-electron chi connectivity index (χ2n) is 4.79. The zero-order valence-electron chi connectivity index (χ0n) is 10.2. The van der Waals surface area contributed by atoms with Crippen molar-refractivity contribution in [2.45, 2.75) is 13.0 Å². The number of piperazine rings is 1. The maximum absolute atomic E-state index is 3.40. The van der Waals surface area contributed by atoms with Crippen LogP contribution in [0, 0.1) is 0 Å². The summed E-state index contributed by atoms with van der Waals surface area (Å²) in [5.74, 6) is 0. The van der Waals surface area contributed by atoms with E-state index in [2.05, 4.69) is 46.4 Å². The smallest absolute Gasteiger partial charge is 0.0457 e. The van der Waals surface area contributed by atoms with E-state index in [4.69, 9.17) is 0 Å². The molecule has 1 aromatic carbocycles. The summed E-state index contributed by atoms with van der Waals surface area (Å²) >= 11 is 0. The van der Waals surface area contributed by atoms with E-state index < -0.39 is 0 Å². The van der Waals surface area contributed by atoms with Gasteiger partial charge in [0.15, 0.2) is 0 Å². The second kappa shape index (κ2) is 4.51. The molecule has 17 heavy (non-hydrogen) atoms. The molecule has 2 heterocycles. The number of aromatic amines is 1. The fraction of sp³-hybridized carbons (Fsp3) is 0.429. The Hall–Kier alpha value is -1.32. The monoisotopic (exact) mass is 229 g/mol. The lowest BCUT2D eigenvalue weighted by Gasteiger charge is -2.33. The van der Waals surface area contributed by atoms with Gasteiger partial charge in [0.2, 0.25) is 0 Å². The summed E-state index contributed by atoms with van der Waals surface area (Å²) in [6.45, 7) is 6.80. The molecule has 2 aromatic rings. The molecule has 2 N–H and O–H groups in total. The molecular formula is C14H19N3. The number of H-pyrrole nitrogens is 1. The van der Waals surface area contributed by atoms with Gasteiger partial charge in [0.05, 0.1) is 0 Å². The first-order valence-electron chi connectivity index (χ1n) is 6.36. The second-order valence-corrected chi connectivity index (χ2v) is 4.79. The Bertz CT molecular complexity index is 497. The summed E-state index contributed by atoms with van der Waals surface area (Å²) in [6.07, 6.45) is 2.00. The Morgan fingerprint density at radius 3 is 2.82 bits per heavy atom. The molecule has 0 unspecified atom stereocenters. The van der Waals surface area contributed by atoms with Gasteiger partial charge >= 0.3 is 0 Å². The number of hydrogen-bond donors (Lipinski definition) is 2. The van der Waals surface area contributed by atoms with Gasteiger partial charge in [-0.05, 0) is 30.0 Å². The van der Waals surface area contributed by atoms with Gasteiger partial charge in [0.25, 0.3) is 0 Å². The van der Waals surface area contributed by atoms with E-state index in [1.165, 1.54) is 16.5 Å². The van der Waals surface area contributed by atoms with Crippen LogP contribution in [0.25, 0.3) is 10.9 Å². The molecule has 1 aromatic heterocycles. The van der Waals surface area contributed by atoms with E-state index in [1.54, 1.807) is 0 Å². The first-order chi connectivity index (χ1) is 8.34. The van der Waals surface area contributed by atoms with Crippen LogP contribution in [-0.4, -0.2) is 36.1 Å². The zero-order valence-corrected chi connectivity index (χ0v) is 10.2. The van der Waals surface area contributed by atoms with Crippen LogP contribution < -0.4 is 5.32 Å². The van der Waals surface area contributed by atoms with E-state index in [9.17, 15) is 0 Å². The van der Waals surface area contributed by atoms with Gasteiger partial charge in [-0.1, -0.05) is 12.1 Å². The van der Waals surface area contributed by atoms with E-state index in [0.717, 1.165) is 26.2 Å².